The normalized spacial score (nSPS) is 13.3. The molecule has 2 amide bonds. The maximum absolute atomic E-state index is 12.3. The summed E-state index contributed by atoms with van der Waals surface area (Å²) in [5.74, 6) is 0.850. The van der Waals surface area contributed by atoms with Gasteiger partial charge in [0.05, 0.1) is 6.42 Å². The number of anilines is 2. The Morgan fingerprint density at radius 2 is 1.85 bits per heavy atom. The maximum Gasteiger partial charge on any atom is 0.247 e. The summed E-state index contributed by atoms with van der Waals surface area (Å²) in [5.41, 5.74) is 3.71. The molecule has 1 aliphatic carbocycles. The molecule has 6 nitrogen and oxygen atoms in total. The third-order valence-electron chi connectivity index (χ3n) is 4.39. The molecule has 0 bridgehead atoms. The van der Waals surface area contributed by atoms with Crippen molar-refractivity contribution in [3.05, 3.63) is 66.6 Å². The summed E-state index contributed by atoms with van der Waals surface area (Å²) in [5, 5.41) is 5.56. The molecule has 4 rings (SSSR count). The molecular weight excluding hydrogens is 342 g/mol. The Labute approximate surface area is 156 Å². The molecule has 1 saturated carbocycles. The molecule has 27 heavy (non-hydrogen) atoms. The molecule has 6 heteroatoms. The monoisotopic (exact) mass is 361 g/mol. The molecule has 0 unspecified atom stereocenters. The van der Waals surface area contributed by atoms with Gasteiger partial charge in [0, 0.05) is 17.3 Å². The van der Waals surface area contributed by atoms with Crippen LogP contribution in [0, 0.1) is 0 Å². The van der Waals surface area contributed by atoms with Crippen LogP contribution in [-0.2, 0) is 16.0 Å². The number of carbonyl (C=O) groups is 2. The lowest BCUT2D eigenvalue weighted by Gasteiger charge is -2.06. The Kier molecular flexibility index (Phi) is 4.46. The van der Waals surface area contributed by atoms with Crippen LogP contribution >= 0.6 is 0 Å². The predicted octanol–water partition coefficient (Wildman–Crippen LogP) is 4.01. The zero-order chi connectivity index (χ0) is 18.8. The summed E-state index contributed by atoms with van der Waals surface area (Å²) in [7, 11) is 0. The third kappa shape index (κ3) is 4.06. The van der Waals surface area contributed by atoms with Crippen molar-refractivity contribution in [2.24, 2.45) is 0 Å². The number of nitrogens with zero attached hydrogens (tertiary/aromatic N) is 1. The second-order valence-electron chi connectivity index (χ2n) is 6.62. The van der Waals surface area contributed by atoms with Gasteiger partial charge in [-0.1, -0.05) is 18.7 Å². The van der Waals surface area contributed by atoms with Crippen LogP contribution in [0.5, 0.6) is 0 Å². The highest BCUT2D eigenvalue weighted by Crippen LogP contribution is 2.40. The van der Waals surface area contributed by atoms with Gasteiger partial charge in [-0.25, -0.2) is 4.98 Å². The van der Waals surface area contributed by atoms with E-state index in [4.69, 9.17) is 4.42 Å². The number of aromatic nitrogens is 1. The highest BCUT2D eigenvalue weighted by Gasteiger charge is 2.28. The predicted molar refractivity (Wildman–Crippen MR) is 104 cm³/mol. The van der Waals surface area contributed by atoms with Crippen molar-refractivity contribution in [1.82, 2.24) is 4.98 Å². The molecule has 1 aromatic heterocycles. The largest absolute Gasteiger partial charge is 0.440 e. The molecule has 0 spiro atoms. The number of hydrogen-bond acceptors (Lipinski definition) is 4. The summed E-state index contributed by atoms with van der Waals surface area (Å²) in [4.78, 5) is 28.1. The zero-order valence-corrected chi connectivity index (χ0v) is 14.7. The lowest BCUT2D eigenvalue weighted by atomic mass is 10.1. The van der Waals surface area contributed by atoms with Crippen molar-refractivity contribution >= 4 is 34.3 Å². The highest BCUT2D eigenvalue weighted by molar-refractivity contribution is 5.99. The number of nitrogens with one attached hydrogen (secondary N) is 2. The Morgan fingerprint density at radius 3 is 2.56 bits per heavy atom. The summed E-state index contributed by atoms with van der Waals surface area (Å²) < 4.78 is 5.73. The van der Waals surface area contributed by atoms with E-state index < -0.39 is 0 Å². The lowest BCUT2D eigenvalue weighted by Crippen LogP contribution is -2.14. The lowest BCUT2D eigenvalue weighted by molar-refractivity contribution is -0.115. The fourth-order valence-corrected chi connectivity index (χ4v) is 2.82. The minimum Gasteiger partial charge on any atom is -0.440 e. The van der Waals surface area contributed by atoms with Gasteiger partial charge in [-0.3, -0.25) is 9.59 Å². The fraction of sp³-hybridized carbons (Fsp3) is 0.190. The molecule has 3 aromatic rings. The Morgan fingerprint density at radius 1 is 1.11 bits per heavy atom. The molecule has 1 fully saturated rings. The molecule has 1 aliphatic rings. The average Bonchev–Trinajstić information content (AvgIpc) is 3.42. The van der Waals surface area contributed by atoms with Crippen molar-refractivity contribution in [1.29, 1.82) is 0 Å². The van der Waals surface area contributed by atoms with E-state index >= 15 is 0 Å². The Hall–Kier alpha value is -3.41. The topological polar surface area (TPSA) is 84.2 Å². The van der Waals surface area contributed by atoms with E-state index in [1.807, 2.05) is 18.2 Å². The van der Waals surface area contributed by atoms with Crippen LogP contribution in [0.15, 0.2) is 59.5 Å². The van der Waals surface area contributed by atoms with Crippen LogP contribution in [0.1, 0.15) is 30.2 Å². The van der Waals surface area contributed by atoms with Gasteiger partial charge in [0.25, 0.3) is 0 Å². The average molecular weight is 361 g/mol. The summed E-state index contributed by atoms with van der Waals surface area (Å²) >= 11 is 0. The van der Waals surface area contributed by atoms with Gasteiger partial charge in [0.1, 0.15) is 5.52 Å². The zero-order valence-electron chi connectivity index (χ0n) is 14.7. The third-order valence-corrected chi connectivity index (χ3v) is 4.39. The number of hydrogen-bond donors (Lipinski definition) is 2. The number of benzene rings is 2. The van der Waals surface area contributed by atoms with Gasteiger partial charge in [-0.2, -0.15) is 0 Å². The van der Waals surface area contributed by atoms with Gasteiger partial charge in [0.2, 0.25) is 11.8 Å². The first-order valence-electron chi connectivity index (χ1n) is 8.83. The van der Waals surface area contributed by atoms with E-state index in [-0.39, 0.29) is 18.2 Å². The van der Waals surface area contributed by atoms with Crippen LogP contribution in [0.25, 0.3) is 11.1 Å². The van der Waals surface area contributed by atoms with E-state index in [1.165, 1.54) is 6.08 Å². The first-order chi connectivity index (χ1) is 13.1. The second kappa shape index (κ2) is 7.07. The van der Waals surface area contributed by atoms with E-state index in [9.17, 15) is 9.59 Å². The Balaban J connectivity index is 1.39. The van der Waals surface area contributed by atoms with E-state index in [0.717, 1.165) is 35.4 Å². The molecule has 0 saturated heterocycles. The molecule has 0 atom stereocenters. The van der Waals surface area contributed by atoms with Crippen LogP contribution in [0.3, 0.4) is 0 Å². The molecule has 2 N–H and O–H groups in total. The smallest absolute Gasteiger partial charge is 0.247 e. The van der Waals surface area contributed by atoms with E-state index in [2.05, 4.69) is 22.2 Å². The molecule has 0 radical (unpaired) electrons. The van der Waals surface area contributed by atoms with Crippen LogP contribution in [0.2, 0.25) is 0 Å². The van der Waals surface area contributed by atoms with Crippen LogP contribution < -0.4 is 10.6 Å². The number of rotatable bonds is 6. The van der Waals surface area contributed by atoms with Gasteiger partial charge >= 0.3 is 0 Å². The summed E-state index contributed by atoms with van der Waals surface area (Å²) in [6.07, 6.45) is 3.71. The standard InChI is InChI=1S/C21H19N3O3/c1-2-19(25)22-15-7-3-13(4-8-15)11-20(26)23-16-9-10-18-17(12-16)24-21(27-18)14-5-6-14/h2-4,7-10,12,14H,1,5-6,11H2,(H,22,25)(H,23,26). The van der Waals surface area contributed by atoms with Gasteiger partial charge in [0.15, 0.2) is 11.5 Å². The van der Waals surface area contributed by atoms with E-state index in [0.29, 0.717) is 17.3 Å². The summed E-state index contributed by atoms with van der Waals surface area (Å²) in [6, 6.07) is 12.6. The molecule has 136 valence electrons. The summed E-state index contributed by atoms with van der Waals surface area (Å²) in [6.45, 7) is 3.41. The minimum atomic E-state index is -0.270. The molecule has 1 heterocycles. The highest BCUT2D eigenvalue weighted by atomic mass is 16.3. The number of carbonyl (C=O) groups excluding carboxylic acids is 2. The van der Waals surface area contributed by atoms with Crippen LogP contribution in [-0.4, -0.2) is 16.8 Å². The number of oxazole rings is 1. The fourth-order valence-electron chi connectivity index (χ4n) is 2.82. The van der Waals surface area contributed by atoms with Crippen molar-refractivity contribution < 1.29 is 14.0 Å². The maximum atomic E-state index is 12.3. The second-order valence-corrected chi connectivity index (χ2v) is 6.62. The molecule has 2 aromatic carbocycles. The van der Waals surface area contributed by atoms with Gasteiger partial charge < -0.3 is 15.1 Å². The first-order valence-corrected chi connectivity index (χ1v) is 8.83. The minimum absolute atomic E-state index is 0.122. The number of fused-ring (bicyclic) bond motifs is 1. The SMILES string of the molecule is C=CC(=O)Nc1ccc(CC(=O)Nc2ccc3oc(C4CC4)nc3c2)cc1. The quantitative estimate of drug-likeness (QED) is 0.650. The molecule has 0 aliphatic heterocycles. The van der Waals surface area contributed by atoms with Gasteiger partial charge in [-0.15, -0.1) is 0 Å². The van der Waals surface area contributed by atoms with Crippen molar-refractivity contribution in [2.75, 3.05) is 10.6 Å². The van der Waals surface area contributed by atoms with E-state index in [1.54, 1.807) is 24.3 Å². The van der Waals surface area contributed by atoms with Crippen molar-refractivity contribution in [3.63, 3.8) is 0 Å². The van der Waals surface area contributed by atoms with Crippen molar-refractivity contribution in [3.8, 4) is 0 Å². The first kappa shape index (κ1) is 17.0. The van der Waals surface area contributed by atoms with Gasteiger partial charge in [-0.05, 0) is 54.8 Å². The van der Waals surface area contributed by atoms with Crippen molar-refractivity contribution in [2.45, 2.75) is 25.2 Å². The number of amides is 2. The van der Waals surface area contributed by atoms with Crippen LogP contribution in [0.4, 0.5) is 11.4 Å². The Bertz CT molecular complexity index is 1020. The molecular formula is C21H19N3O3.